The molecule has 0 radical (unpaired) electrons. The molecule has 0 amide bonds. The van der Waals surface area contributed by atoms with Gasteiger partial charge in [0.15, 0.2) is 0 Å². The first-order valence-electron chi connectivity index (χ1n) is 7.78. The molecule has 1 aromatic carbocycles. The van der Waals surface area contributed by atoms with Crippen LogP contribution in [0.1, 0.15) is 63.5 Å². The molecule has 0 aliphatic heterocycles. The molecule has 1 atom stereocenters. The van der Waals surface area contributed by atoms with Crippen molar-refractivity contribution in [3.05, 3.63) is 35.6 Å². The Kier molecular flexibility index (Phi) is 5.84. The van der Waals surface area contributed by atoms with Crippen molar-refractivity contribution in [1.82, 2.24) is 5.32 Å². The molecule has 0 heterocycles. The van der Waals surface area contributed by atoms with E-state index in [1.807, 2.05) is 12.1 Å². The number of benzene rings is 1. The van der Waals surface area contributed by atoms with Crippen LogP contribution in [0.15, 0.2) is 24.3 Å². The smallest absolute Gasteiger partial charge is 0.123 e. The molecule has 1 fully saturated rings. The fourth-order valence-corrected chi connectivity index (χ4v) is 3.13. The van der Waals surface area contributed by atoms with Crippen LogP contribution in [0.4, 0.5) is 4.39 Å². The maximum atomic E-state index is 13.4. The summed E-state index contributed by atoms with van der Waals surface area (Å²) in [6.45, 7) is 3.18. The van der Waals surface area contributed by atoms with Gasteiger partial charge in [0.25, 0.3) is 0 Å². The van der Waals surface area contributed by atoms with Crippen molar-refractivity contribution in [1.29, 1.82) is 0 Å². The van der Waals surface area contributed by atoms with Gasteiger partial charge in [0.1, 0.15) is 5.82 Å². The van der Waals surface area contributed by atoms with Crippen LogP contribution in [0.3, 0.4) is 0 Å². The molecule has 2 rings (SSSR count). The second-order valence-corrected chi connectivity index (χ2v) is 5.79. The Labute approximate surface area is 116 Å². The first-order valence-corrected chi connectivity index (χ1v) is 7.78. The highest BCUT2D eigenvalue weighted by Crippen LogP contribution is 2.31. The molecule has 0 aromatic heterocycles. The zero-order valence-corrected chi connectivity index (χ0v) is 12.0. The van der Waals surface area contributed by atoms with E-state index in [1.165, 1.54) is 38.2 Å². The van der Waals surface area contributed by atoms with Crippen LogP contribution in [-0.4, -0.2) is 6.54 Å². The van der Waals surface area contributed by atoms with Crippen LogP contribution in [0.2, 0.25) is 0 Å². The van der Waals surface area contributed by atoms with Gasteiger partial charge in [-0.25, -0.2) is 4.39 Å². The third kappa shape index (κ3) is 4.61. The van der Waals surface area contributed by atoms with E-state index in [-0.39, 0.29) is 5.82 Å². The van der Waals surface area contributed by atoms with Crippen LogP contribution in [0.25, 0.3) is 0 Å². The minimum absolute atomic E-state index is 0.123. The lowest BCUT2D eigenvalue weighted by Crippen LogP contribution is -2.22. The van der Waals surface area contributed by atoms with Crippen molar-refractivity contribution < 1.29 is 4.39 Å². The normalized spacial score (nSPS) is 17.8. The molecule has 1 aromatic rings. The average molecular weight is 263 g/mol. The number of nitrogens with one attached hydrogen (secondary N) is 1. The first-order chi connectivity index (χ1) is 9.29. The van der Waals surface area contributed by atoms with E-state index >= 15 is 0 Å². The van der Waals surface area contributed by atoms with E-state index in [4.69, 9.17) is 0 Å². The molecule has 1 nitrogen and oxygen atoms in total. The number of hydrogen-bond acceptors (Lipinski definition) is 1. The van der Waals surface area contributed by atoms with E-state index in [9.17, 15) is 4.39 Å². The van der Waals surface area contributed by atoms with Crippen LogP contribution in [0, 0.1) is 11.7 Å². The van der Waals surface area contributed by atoms with Gasteiger partial charge in [-0.2, -0.15) is 0 Å². The highest BCUT2D eigenvalue weighted by atomic mass is 19.1. The SMILES string of the molecule is CCCNC(CCC1CCCC1)c1cccc(F)c1. The molecule has 0 bridgehead atoms. The molecule has 0 saturated heterocycles. The summed E-state index contributed by atoms with van der Waals surface area (Å²) >= 11 is 0. The van der Waals surface area contributed by atoms with Crippen molar-refractivity contribution in [2.45, 2.75) is 57.9 Å². The second-order valence-electron chi connectivity index (χ2n) is 5.79. The Morgan fingerprint density at radius 2 is 2.11 bits per heavy atom. The third-order valence-corrected chi connectivity index (χ3v) is 4.23. The Bertz CT molecular complexity index is 371. The van der Waals surface area contributed by atoms with Crippen molar-refractivity contribution in [3.63, 3.8) is 0 Å². The summed E-state index contributed by atoms with van der Waals surface area (Å²) in [6, 6.07) is 7.39. The Hall–Kier alpha value is -0.890. The average Bonchev–Trinajstić information content (AvgIpc) is 2.92. The lowest BCUT2D eigenvalue weighted by Gasteiger charge is -2.21. The maximum absolute atomic E-state index is 13.4. The van der Waals surface area contributed by atoms with Crippen molar-refractivity contribution in [2.75, 3.05) is 6.54 Å². The maximum Gasteiger partial charge on any atom is 0.123 e. The zero-order valence-electron chi connectivity index (χ0n) is 12.0. The quantitative estimate of drug-likeness (QED) is 0.742. The first kappa shape index (κ1) is 14.5. The predicted octanol–water partition coefficient (Wildman–Crippen LogP) is 4.84. The van der Waals surface area contributed by atoms with E-state index in [1.54, 1.807) is 6.07 Å². The summed E-state index contributed by atoms with van der Waals surface area (Å²) in [5.74, 6) is 0.779. The lowest BCUT2D eigenvalue weighted by molar-refractivity contribution is 0.411. The largest absolute Gasteiger partial charge is 0.310 e. The Morgan fingerprint density at radius 3 is 2.79 bits per heavy atom. The highest BCUT2D eigenvalue weighted by molar-refractivity contribution is 5.20. The minimum atomic E-state index is -0.123. The molecule has 19 heavy (non-hydrogen) atoms. The Morgan fingerprint density at radius 1 is 1.32 bits per heavy atom. The third-order valence-electron chi connectivity index (χ3n) is 4.23. The monoisotopic (exact) mass is 263 g/mol. The van der Waals surface area contributed by atoms with Gasteiger partial charge in [0, 0.05) is 6.04 Å². The van der Waals surface area contributed by atoms with E-state index < -0.39 is 0 Å². The van der Waals surface area contributed by atoms with Crippen molar-refractivity contribution in [2.24, 2.45) is 5.92 Å². The predicted molar refractivity (Wildman–Crippen MR) is 78.6 cm³/mol. The molecule has 1 unspecified atom stereocenters. The molecule has 2 heteroatoms. The van der Waals surface area contributed by atoms with E-state index in [2.05, 4.69) is 12.2 Å². The molecule has 1 saturated carbocycles. The molecular weight excluding hydrogens is 237 g/mol. The van der Waals surface area contributed by atoms with Gasteiger partial charge in [-0.1, -0.05) is 44.7 Å². The highest BCUT2D eigenvalue weighted by Gasteiger charge is 2.18. The topological polar surface area (TPSA) is 12.0 Å². The van der Waals surface area contributed by atoms with Gasteiger partial charge in [0.05, 0.1) is 0 Å². The van der Waals surface area contributed by atoms with Gasteiger partial charge in [0.2, 0.25) is 0 Å². The zero-order chi connectivity index (χ0) is 13.5. The molecule has 0 spiro atoms. The lowest BCUT2D eigenvalue weighted by atomic mass is 9.94. The van der Waals surface area contributed by atoms with E-state index in [0.717, 1.165) is 30.9 Å². The van der Waals surface area contributed by atoms with Gasteiger partial charge >= 0.3 is 0 Å². The molecule has 106 valence electrons. The second kappa shape index (κ2) is 7.64. The summed E-state index contributed by atoms with van der Waals surface area (Å²) in [7, 11) is 0. The van der Waals surface area contributed by atoms with Crippen LogP contribution < -0.4 is 5.32 Å². The molecule has 1 aliphatic carbocycles. The summed E-state index contributed by atoms with van der Waals surface area (Å²) < 4.78 is 13.4. The van der Waals surface area contributed by atoms with E-state index in [0.29, 0.717) is 6.04 Å². The van der Waals surface area contributed by atoms with Crippen molar-refractivity contribution >= 4 is 0 Å². The summed E-state index contributed by atoms with van der Waals surface area (Å²) in [6.07, 6.45) is 9.12. The van der Waals surface area contributed by atoms with Gasteiger partial charge in [-0.05, 0) is 49.4 Å². The van der Waals surface area contributed by atoms with Gasteiger partial charge < -0.3 is 5.32 Å². The minimum Gasteiger partial charge on any atom is -0.310 e. The molecule has 1 N–H and O–H groups in total. The van der Waals surface area contributed by atoms with Crippen LogP contribution in [-0.2, 0) is 0 Å². The fraction of sp³-hybridized carbons (Fsp3) is 0.647. The standard InChI is InChI=1S/C17H26FN/c1-2-12-19-17(11-10-14-6-3-4-7-14)15-8-5-9-16(18)13-15/h5,8-9,13-14,17,19H,2-4,6-7,10-12H2,1H3. The molecule has 1 aliphatic rings. The van der Waals surface area contributed by atoms with Crippen LogP contribution >= 0.6 is 0 Å². The fourth-order valence-electron chi connectivity index (χ4n) is 3.13. The van der Waals surface area contributed by atoms with Gasteiger partial charge in [-0.15, -0.1) is 0 Å². The van der Waals surface area contributed by atoms with Crippen molar-refractivity contribution in [3.8, 4) is 0 Å². The Balaban J connectivity index is 1.94. The number of halogens is 1. The summed E-state index contributed by atoms with van der Waals surface area (Å²) in [5.41, 5.74) is 1.10. The summed E-state index contributed by atoms with van der Waals surface area (Å²) in [5, 5.41) is 3.57. The number of hydrogen-bond donors (Lipinski definition) is 1. The van der Waals surface area contributed by atoms with Crippen LogP contribution in [0.5, 0.6) is 0 Å². The molecular formula is C17H26FN. The van der Waals surface area contributed by atoms with Gasteiger partial charge in [-0.3, -0.25) is 0 Å². The number of rotatable bonds is 7. The summed E-state index contributed by atoms with van der Waals surface area (Å²) in [4.78, 5) is 0.